The molecule has 7 nitrogen and oxygen atoms in total. The molecule has 0 unspecified atom stereocenters. The number of rotatable bonds is 11. The number of phenols is 1. The molecule has 1 aliphatic rings. The minimum Gasteiger partial charge on any atom is -0.504 e. The SMILES string of the molecule is CCc1cc(OC2CCCC2)c(O)cc1OCCCCCC(C)(C)c1nn[n-]n1.[Na+]. The van der Waals surface area contributed by atoms with E-state index in [9.17, 15) is 5.11 Å². The van der Waals surface area contributed by atoms with Crippen LogP contribution >= 0.6 is 0 Å². The largest absolute Gasteiger partial charge is 1.00 e. The van der Waals surface area contributed by atoms with Crippen LogP contribution in [-0.4, -0.2) is 33.2 Å². The molecule has 3 rings (SSSR count). The van der Waals surface area contributed by atoms with Crippen LogP contribution in [0.4, 0.5) is 0 Å². The van der Waals surface area contributed by atoms with Gasteiger partial charge < -0.3 is 19.7 Å². The third kappa shape index (κ3) is 6.86. The van der Waals surface area contributed by atoms with E-state index in [1.807, 2.05) is 6.07 Å². The van der Waals surface area contributed by atoms with Gasteiger partial charge in [0.15, 0.2) is 11.5 Å². The number of nitrogens with zero attached hydrogens (tertiary/aromatic N) is 4. The quantitative estimate of drug-likeness (QED) is 0.430. The number of hydrogen-bond acceptors (Lipinski definition) is 6. The van der Waals surface area contributed by atoms with Crippen LogP contribution in [0.1, 0.15) is 83.5 Å². The van der Waals surface area contributed by atoms with E-state index in [0.717, 1.165) is 56.3 Å². The van der Waals surface area contributed by atoms with Crippen LogP contribution in [0.2, 0.25) is 0 Å². The molecule has 2 aromatic rings. The van der Waals surface area contributed by atoms with Crippen molar-refractivity contribution < 1.29 is 44.1 Å². The predicted octanol–water partition coefficient (Wildman–Crippen LogP) is 1.34. The van der Waals surface area contributed by atoms with E-state index in [2.05, 4.69) is 41.4 Å². The molecule has 8 heteroatoms. The zero-order valence-corrected chi connectivity index (χ0v) is 20.9. The number of aromatic nitrogens is 4. The minimum absolute atomic E-state index is 0. The van der Waals surface area contributed by atoms with Gasteiger partial charge in [0.05, 0.1) is 12.7 Å². The third-order valence-corrected chi connectivity index (χ3v) is 5.75. The van der Waals surface area contributed by atoms with Crippen LogP contribution in [0, 0.1) is 0 Å². The van der Waals surface area contributed by atoms with Gasteiger partial charge in [0.25, 0.3) is 0 Å². The Labute approximate surface area is 201 Å². The summed E-state index contributed by atoms with van der Waals surface area (Å²) in [5.74, 6) is 2.22. The van der Waals surface area contributed by atoms with Gasteiger partial charge in [-0.15, -0.1) is 0 Å². The second-order valence-corrected chi connectivity index (χ2v) is 8.55. The minimum atomic E-state index is -0.110. The molecule has 1 fully saturated rings. The average molecular weight is 425 g/mol. The van der Waals surface area contributed by atoms with Crippen LogP contribution in [0.3, 0.4) is 0 Å². The Morgan fingerprint density at radius 2 is 1.90 bits per heavy atom. The molecule has 1 aliphatic carbocycles. The summed E-state index contributed by atoms with van der Waals surface area (Å²) in [6.07, 6.45) is 9.68. The zero-order chi connectivity index (χ0) is 20.7. The number of aryl methyl sites for hydroxylation is 1. The molecular formula is C22H33N4NaO3. The van der Waals surface area contributed by atoms with E-state index >= 15 is 0 Å². The Balaban J connectivity index is 0.00000320. The second kappa shape index (κ2) is 11.9. The van der Waals surface area contributed by atoms with Crippen molar-refractivity contribution in [2.24, 2.45) is 0 Å². The van der Waals surface area contributed by atoms with Gasteiger partial charge in [0.2, 0.25) is 0 Å². The maximum atomic E-state index is 10.4. The molecule has 0 atom stereocenters. The van der Waals surface area contributed by atoms with Gasteiger partial charge in [-0.05, 0) is 56.6 Å². The second-order valence-electron chi connectivity index (χ2n) is 8.55. The number of benzene rings is 1. The number of ether oxygens (including phenoxy) is 2. The van der Waals surface area contributed by atoms with E-state index in [1.165, 1.54) is 12.8 Å². The number of aromatic hydroxyl groups is 1. The predicted molar refractivity (Wildman–Crippen MR) is 111 cm³/mol. The van der Waals surface area contributed by atoms with Gasteiger partial charge in [-0.25, -0.2) is 0 Å². The Morgan fingerprint density at radius 3 is 2.57 bits per heavy atom. The first-order valence-electron chi connectivity index (χ1n) is 10.8. The molecular weight excluding hydrogens is 391 g/mol. The Kier molecular flexibility index (Phi) is 9.91. The summed E-state index contributed by atoms with van der Waals surface area (Å²) >= 11 is 0. The van der Waals surface area contributed by atoms with Crippen LogP contribution in [0.25, 0.3) is 0 Å². The van der Waals surface area contributed by atoms with E-state index in [0.29, 0.717) is 18.2 Å². The van der Waals surface area contributed by atoms with Crippen molar-refractivity contribution in [1.29, 1.82) is 0 Å². The Bertz CT molecular complexity index is 762. The van der Waals surface area contributed by atoms with Crippen LogP contribution in [0.5, 0.6) is 17.2 Å². The molecule has 0 aliphatic heterocycles. The van der Waals surface area contributed by atoms with Gasteiger partial charge in [-0.3, -0.25) is 15.5 Å². The topological polar surface area (TPSA) is 91.5 Å². The Hall–Kier alpha value is -1.31. The summed E-state index contributed by atoms with van der Waals surface area (Å²) in [7, 11) is 0. The van der Waals surface area contributed by atoms with Gasteiger partial charge >= 0.3 is 29.6 Å². The van der Waals surface area contributed by atoms with Crippen LogP contribution < -0.4 is 44.2 Å². The summed E-state index contributed by atoms with van der Waals surface area (Å²) in [4.78, 5) is 0. The van der Waals surface area contributed by atoms with E-state index in [1.54, 1.807) is 6.07 Å². The number of hydrogen-bond donors (Lipinski definition) is 1. The number of unbranched alkanes of at least 4 members (excludes halogenated alkanes) is 2. The molecule has 1 saturated carbocycles. The Morgan fingerprint density at radius 1 is 1.13 bits per heavy atom. The van der Waals surface area contributed by atoms with Crippen LogP contribution in [-0.2, 0) is 11.8 Å². The van der Waals surface area contributed by atoms with Crippen molar-refractivity contribution >= 4 is 0 Å². The first kappa shape index (κ1) is 25.0. The fraction of sp³-hybridized carbons (Fsp3) is 0.682. The van der Waals surface area contributed by atoms with Gasteiger partial charge in [0.1, 0.15) is 5.75 Å². The van der Waals surface area contributed by atoms with Crippen molar-refractivity contribution in [3.63, 3.8) is 0 Å². The first-order chi connectivity index (χ1) is 14.0. The summed E-state index contributed by atoms with van der Waals surface area (Å²) < 4.78 is 12.0. The number of tetrazole rings is 1. The van der Waals surface area contributed by atoms with Crippen molar-refractivity contribution in [3.8, 4) is 17.2 Å². The average Bonchev–Trinajstić information content (AvgIpc) is 3.40. The van der Waals surface area contributed by atoms with Gasteiger partial charge in [-0.1, -0.05) is 33.6 Å². The van der Waals surface area contributed by atoms with Crippen LogP contribution in [0.15, 0.2) is 12.1 Å². The molecule has 30 heavy (non-hydrogen) atoms. The molecule has 0 radical (unpaired) electrons. The molecule has 1 aromatic carbocycles. The van der Waals surface area contributed by atoms with Crippen molar-refractivity contribution in [3.05, 3.63) is 23.5 Å². The molecule has 1 heterocycles. The molecule has 1 N–H and O–H groups in total. The molecule has 160 valence electrons. The summed E-state index contributed by atoms with van der Waals surface area (Å²) in [5.41, 5.74) is 0.964. The van der Waals surface area contributed by atoms with Gasteiger partial charge in [0, 0.05) is 17.3 Å². The van der Waals surface area contributed by atoms with Crippen molar-refractivity contribution in [2.45, 2.75) is 90.1 Å². The first-order valence-corrected chi connectivity index (χ1v) is 10.8. The van der Waals surface area contributed by atoms with E-state index in [4.69, 9.17) is 9.47 Å². The van der Waals surface area contributed by atoms with E-state index in [-0.39, 0.29) is 46.8 Å². The number of phenolic OH excluding ortho intramolecular Hbond substituents is 1. The van der Waals surface area contributed by atoms with E-state index < -0.39 is 0 Å². The maximum absolute atomic E-state index is 10.4. The molecule has 0 spiro atoms. The fourth-order valence-corrected chi connectivity index (χ4v) is 3.84. The summed E-state index contributed by atoms with van der Waals surface area (Å²) in [5, 5.41) is 25.5. The zero-order valence-electron chi connectivity index (χ0n) is 18.9. The third-order valence-electron chi connectivity index (χ3n) is 5.75. The molecule has 0 bridgehead atoms. The maximum Gasteiger partial charge on any atom is 1.00 e. The molecule has 0 amide bonds. The standard InChI is InChI=1S/C22H33N4O3.Na/c1-4-16-14-20(29-17-10-6-7-11-17)18(27)15-19(16)28-13-9-5-8-12-22(2,3)21-23-25-26-24-21;/h14-15,17H,4-13H2,1-3H3,(H-,23,24,25,26,27);/q-1;+1. The smallest absolute Gasteiger partial charge is 0.504 e. The fourth-order valence-electron chi connectivity index (χ4n) is 3.84. The van der Waals surface area contributed by atoms with Crippen molar-refractivity contribution in [2.75, 3.05) is 6.61 Å². The molecule has 0 saturated heterocycles. The monoisotopic (exact) mass is 424 g/mol. The summed E-state index contributed by atoms with van der Waals surface area (Å²) in [6, 6.07) is 3.65. The van der Waals surface area contributed by atoms with Gasteiger partial charge in [-0.2, -0.15) is 0 Å². The summed E-state index contributed by atoms with van der Waals surface area (Å²) in [6.45, 7) is 6.96. The normalized spacial score (nSPS) is 14.5. The molecule has 1 aromatic heterocycles. The van der Waals surface area contributed by atoms with Crippen molar-refractivity contribution in [1.82, 2.24) is 20.6 Å².